The standard InChI is InChI=1S/C10H16N2O/c1-4-5-10(13)9-6-11-7-12(9)8(2)3/h4,6-8,10,13H,1,5H2,2-3H3. The van der Waals surface area contributed by atoms with E-state index in [-0.39, 0.29) is 0 Å². The third-order valence-corrected chi connectivity index (χ3v) is 1.98. The van der Waals surface area contributed by atoms with E-state index >= 15 is 0 Å². The fourth-order valence-corrected chi connectivity index (χ4v) is 1.28. The Balaban J connectivity index is 2.86. The van der Waals surface area contributed by atoms with Crippen LogP contribution < -0.4 is 0 Å². The van der Waals surface area contributed by atoms with Crippen molar-refractivity contribution >= 4 is 0 Å². The van der Waals surface area contributed by atoms with Gasteiger partial charge in [-0.3, -0.25) is 0 Å². The molecule has 0 saturated heterocycles. The molecule has 0 aliphatic rings. The van der Waals surface area contributed by atoms with Crippen LogP contribution in [0.4, 0.5) is 0 Å². The van der Waals surface area contributed by atoms with Gasteiger partial charge in [-0.2, -0.15) is 0 Å². The van der Waals surface area contributed by atoms with Crippen molar-refractivity contribution in [2.45, 2.75) is 32.4 Å². The van der Waals surface area contributed by atoms with E-state index in [0.717, 1.165) is 5.69 Å². The predicted molar refractivity (Wildman–Crippen MR) is 52.4 cm³/mol. The Hall–Kier alpha value is -1.09. The molecule has 0 spiro atoms. The molecule has 1 N–H and O–H groups in total. The third-order valence-electron chi connectivity index (χ3n) is 1.98. The van der Waals surface area contributed by atoms with E-state index in [9.17, 15) is 5.11 Å². The molecule has 0 amide bonds. The number of aromatic nitrogens is 2. The number of aliphatic hydroxyl groups excluding tert-OH is 1. The summed E-state index contributed by atoms with van der Waals surface area (Å²) in [7, 11) is 0. The molecule has 13 heavy (non-hydrogen) atoms. The van der Waals surface area contributed by atoms with E-state index < -0.39 is 6.10 Å². The summed E-state index contributed by atoms with van der Waals surface area (Å²) < 4.78 is 1.97. The summed E-state index contributed by atoms with van der Waals surface area (Å²) in [5.74, 6) is 0. The molecular weight excluding hydrogens is 164 g/mol. The molecule has 1 atom stereocenters. The van der Waals surface area contributed by atoms with Gasteiger partial charge in [0.2, 0.25) is 0 Å². The molecule has 3 heteroatoms. The molecule has 1 rings (SSSR count). The van der Waals surface area contributed by atoms with E-state index in [1.165, 1.54) is 0 Å². The Kier molecular flexibility index (Phi) is 3.25. The molecule has 0 aromatic carbocycles. The van der Waals surface area contributed by atoms with Crippen LogP contribution in [-0.2, 0) is 0 Å². The van der Waals surface area contributed by atoms with Gasteiger partial charge in [0.05, 0.1) is 24.3 Å². The molecule has 0 radical (unpaired) electrons. The first kappa shape index (κ1) is 9.99. The summed E-state index contributed by atoms with van der Waals surface area (Å²) in [4.78, 5) is 4.02. The van der Waals surface area contributed by atoms with Crippen molar-refractivity contribution < 1.29 is 5.11 Å². The molecule has 1 unspecified atom stereocenters. The van der Waals surface area contributed by atoms with Crippen molar-refractivity contribution in [2.75, 3.05) is 0 Å². The van der Waals surface area contributed by atoms with Crippen molar-refractivity contribution in [1.82, 2.24) is 9.55 Å². The van der Waals surface area contributed by atoms with E-state index in [1.54, 1.807) is 18.6 Å². The van der Waals surface area contributed by atoms with Crippen molar-refractivity contribution in [3.05, 3.63) is 30.9 Å². The van der Waals surface area contributed by atoms with Gasteiger partial charge in [0, 0.05) is 6.04 Å². The number of nitrogens with zero attached hydrogens (tertiary/aromatic N) is 2. The number of hydrogen-bond donors (Lipinski definition) is 1. The molecule has 1 heterocycles. The molecule has 0 aliphatic carbocycles. The van der Waals surface area contributed by atoms with Crippen LogP contribution in [0.2, 0.25) is 0 Å². The number of rotatable bonds is 4. The number of imidazole rings is 1. The molecule has 72 valence electrons. The van der Waals surface area contributed by atoms with Crippen LogP contribution in [0.5, 0.6) is 0 Å². The first-order valence-electron chi connectivity index (χ1n) is 4.47. The number of hydrogen-bond acceptors (Lipinski definition) is 2. The van der Waals surface area contributed by atoms with E-state index in [2.05, 4.69) is 25.4 Å². The lowest BCUT2D eigenvalue weighted by atomic mass is 10.2. The topological polar surface area (TPSA) is 38.1 Å². The average molecular weight is 180 g/mol. The summed E-state index contributed by atoms with van der Waals surface area (Å²) in [6.07, 6.45) is 5.24. The van der Waals surface area contributed by atoms with Crippen LogP contribution >= 0.6 is 0 Å². The van der Waals surface area contributed by atoms with Crippen LogP contribution in [0.15, 0.2) is 25.2 Å². The fourth-order valence-electron chi connectivity index (χ4n) is 1.28. The van der Waals surface area contributed by atoms with Crippen molar-refractivity contribution in [1.29, 1.82) is 0 Å². The fraction of sp³-hybridized carbons (Fsp3) is 0.500. The zero-order valence-electron chi connectivity index (χ0n) is 8.14. The summed E-state index contributed by atoms with van der Waals surface area (Å²) in [5, 5.41) is 9.71. The largest absolute Gasteiger partial charge is 0.387 e. The van der Waals surface area contributed by atoms with E-state index in [0.29, 0.717) is 12.5 Å². The molecule has 0 bridgehead atoms. The summed E-state index contributed by atoms with van der Waals surface area (Å²) >= 11 is 0. The smallest absolute Gasteiger partial charge is 0.0990 e. The number of aliphatic hydroxyl groups is 1. The van der Waals surface area contributed by atoms with E-state index in [4.69, 9.17) is 0 Å². The zero-order chi connectivity index (χ0) is 9.84. The van der Waals surface area contributed by atoms with Gasteiger partial charge in [0.15, 0.2) is 0 Å². The monoisotopic (exact) mass is 180 g/mol. The highest BCUT2D eigenvalue weighted by atomic mass is 16.3. The molecule has 0 saturated carbocycles. The summed E-state index contributed by atoms with van der Waals surface area (Å²) in [6.45, 7) is 7.72. The van der Waals surface area contributed by atoms with Gasteiger partial charge in [-0.05, 0) is 20.3 Å². The van der Waals surface area contributed by atoms with Gasteiger partial charge in [0.25, 0.3) is 0 Å². The van der Waals surface area contributed by atoms with Gasteiger partial charge in [-0.1, -0.05) is 6.08 Å². The highest BCUT2D eigenvalue weighted by Crippen LogP contribution is 2.19. The average Bonchev–Trinajstić information content (AvgIpc) is 2.52. The van der Waals surface area contributed by atoms with Gasteiger partial charge in [-0.15, -0.1) is 6.58 Å². The second kappa shape index (κ2) is 4.23. The molecule has 1 aromatic heterocycles. The van der Waals surface area contributed by atoms with Crippen LogP contribution in [0.1, 0.15) is 38.1 Å². The Labute approximate surface area is 78.7 Å². The lowest BCUT2D eigenvalue weighted by Crippen LogP contribution is -2.08. The summed E-state index contributed by atoms with van der Waals surface area (Å²) in [6, 6.07) is 0.331. The van der Waals surface area contributed by atoms with Crippen LogP contribution in [0.25, 0.3) is 0 Å². The Morgan fingerprint density at radius 1 is 1.69 bits per heavy atom. The second-order valence-corrected chi connectivity index (χ2v) is 3.36. The van der Waals surface area contributed by atoms with Crippen LogP contribution in [-0.4, -0.2) is 14.7 Å². The quantitative estimate of drug-likeness (QED) is 0.720. The van der Waals surface area contributed by atoms with Gasteiger partial charge >= 0.3 is 0 Å². The highest BCUT2D eigenvalue weighted by Gasteiger charge is 2.12. The highest BCUT2D eigenvalue weighted by molar-refractivity contribution is 5.05. The first-order valence-corrected chi connectivity index (χ1v) is 4.47. The third kappa shape index (κ3) is 2.18. The Bertz CT molecular complexity index is 278. The van der Waals surface area contributed by atoms with Gasteiger partial charge in [0.1, 0.15) is 0 Å². The lowest BCUT2D eigenvalue weighted by Gasteiger charge is -2.14. The maximum Gasteiger partial charge on any atom is 0.0990 e. The molecule has 0 aliphatic heterocycles. The predicted octanol–water partition coefficient (Wildman–Crippen LogP) is 2.07. The lowest BCUT2D eigenvalue weighted by molar-refractivity contribution is 0.170. The van der Waals surface area contributed by atoms with Crippen molar-refractivity contribution in [2.24, 2.45) is 0 Å². The minimum atomic E-state index is -0.484. The molecule has 0 fully saturated rings. The van der Waals surface area contributed by atoms with Gasteiger partial charge in [-0.25, -0.2) is 4.98 Å². The Morgan fingerprint density at radius 2 is 2.38 bits per heavy atom. The molecule has 1 aromatic rings. The maximum atomic E-state index is 9.71. The van der Waals surface area contributed by atoms with Crippen LogP contribution in [0.3, 0.4) is 0 Å². The Morgan fingerprint density at radius 3 is 2.92 bits per heavy atom. The summed E-state index contributed by atoms with van der Waals surface area (Å²) in [5.41, 5.74) is 0.856. The van der Waals surface area contributed by atoms with Crippen LogP contribution in [0, 0.1) is 0 Å². The van der Waals surface area contributed by atoms with Crippen molar-refractivity contribution in [3.8, 4) is 0 Å². The first-order chi connectivity index (χ1) is 6.16. The van der Waals surface area contributed by atoms with Gasteiger partial charge < -0.3 is 9.67 Å². The minimum absolute atomic E-state index is 0.331. The molecular formula is C10H16N2O. The zero-order valence-corrected chi connectivity index (χ0v) is 8.14. The van der Waals surface area contributed by atoms with E-state index in [1.807, 2.05) is 4.57 Å². The normalized spacial score (nSPS) is 13.2. The molecule has 3 nitrogen and oxygen atoms in total. The SMILES string of the molecule is C=CCC(O)c1cncn1C(C)C. The second-order valence-electron chi connectivity index (χ2n) is 3.36. The van der Waals surface area contributed by atoms with Crippen molar-refractivity contribution in [3.63, 3.8) is 0 Å². The maximum absolute atomic E-state index is 9.71. The minimum Gasteiger partial charge on any atom is -0.387 e.